The molecular weight excluding hydrogens is 316 g/mol. The molecule has 1 aliphatic heterocycles. The van der Waals surface area contributed by atoms with Gasteiger partial charge in [0.2, 0.25) is 0 Å². The summed E-state index contributed by atoms with van der Waals surface area (Å²) in [5, 5.41) is 0. The Labute approximate surface area is 155 Å². The molecule has 1 saturated heterocycles. The molecule has 0 spiro atoms. The van der Waals surface area contributed by atoms with Crippen LogP contribution in [0, 0.1) is 0 Å². The van der Waals surface area contributed by atoms with Crippen LogP contribution in [-0.2, 0) is 18.9 Å². The lowest BCUT2D eigenvalue weighted by atomic mass is 10.1. The Balaban J connectivity index is 1.59. The molecule has 0 aliphatic carbocycles. The Morgan fingerprint density at radius 2 is 1.04 bits per heavy atom. The molecule has 0 radical (unpaired) electrons. The summed E-state index contributed by atoms with van der Waals surface area (Å²) < 4.78 is 21.5. The van der Waals surface area contributed by atoms with E-state index in [-0.39, 0.29) is 0 Å². The molecule has 0 saturated carbocycles. The Morgan fingerprint density at radius 1 is 0.600 bits per heavy atom. The molecule has 1 aliphatic rings. The molecule has 25 heavy (non-hydrogen) atoms. The molecule has 0 aromatic carbocycles. The highest BCUT2D eigenvalue weighted by Gasteiger charge is 2.21. The minimum atomic E-state index is 0.346. The largest absolute Gasteiger partial charge is 0.379 e. The van der Waals surface area contributed by atoms with Crippen LogP contribution in [0.15, 0.2) is 0 Å². The molecule has 1 heterocycles. The van der Waals surface area contributed by atoms with E-state index in [4.69, 9.17) is 18.9 Å². The third kappa shape index (κ3) is 18.4. The van der Waals surface area contributed by atoms with Crippen molar-refractivity contribution in [2.24, 2.45) is 0 Å². The van der Waals surface area contributed by atoms with E-state index in [0.717, 1.165) is 13.2 Å². The standard InChI is InChI=1S/C21H42O4/c1-2-3-4-5-6-7-8-9-10-11-12-13-14-22-15-16-23-17-18-24-19-21-20-25-21/h21H,2-20H2,1H3. The fourth-order valence-corrected chi connectivity index (χ4v) is 2.86. The number of hydrogen-bond donors (Lipinski definition) is 0. The van der Waals surface area contributed by atoms with Crippen LogP contribution in [0.1, 0.15) is 84.0 Å². The van der Waals surface area contributed by atoms with Crippen LogP contribution >= 0.6 is 0 Å². The van der Waals surface area contributed by atoms with Gasteiger partial charge in [0.05, 0.1) is 39.6 Å². The van der Waals surface area contributed by atoms with Crippen molar-refractivity contribution < 1.29 is 18.9 Å². The van der Waals surface area contributed by atoms with Gasteiger partial charge in [-0.1, -0.05) is 77.6 Å². The average molecular weight is 359 g/mol. The summed E-state index contributed by atoms with van der Waals surface area (Å²) in [7, 11) is 0. The van der Waals surface area contributed by atoms with Gasteiger partial charge >= 0.3 is 0 Å². The first-order valence-electron chi connectivity index (χ1n) is 10.8. The van der Waals surface area contributed by atoms with E-state index in [1.54, 1.807) is 0 Å². The number of epoxide rings is 1. The smallest absolute Gasteiger partial charge is 0.104 e. The van der Waals surface area contributed by atoms with Gasteiger partial charge in [-0.05, 0) is 6.42 Å². The summed E-state index contributed by atoms with van der Waals surface area (Å²) >= 11 is 0. The molecule has 150 valence electrons. The van der Waals surface area contributed by atoms with Crippen molar-refractivity contribution >= 4 is 0 Å². The summed E-state index contributed by atoms with van der Waals surface area (Å²) in [6.45, 7) is 7.38. The number of hydrogen-bond acceptors (Lipinski definition) is 4. The van der Waals surface area contributed by atoms with E-state index < -0.39 is 0 Å². The van der Waals surface area contributed by atoms with Crippen molar-refractivity contribution in [3.63, 3.8) is 0 Å². The Morgan fingerprint density at radius 3 is 1.56 bits per heavy atom. The second kappa shape index (κ2) is 18.6. The van der Waals surface area contributed by atoms with Gasteiger partial charge in [0.25, 0.3) is 0 Å². The summed E-state index contributed by atoms with van der Waals surface area (Å²) in [5.41, 5.74) is 0. The van der Waals surface area contributed by atoms with Gasteiger partial charge < -0.3 is 18.9 Å². The van der Waals surface area contributed by atoms with Gasteiger partial charge in [0.1, 0.15) is 6.10 Å². The summed E-state index contributed by atoms with van der Waals surface area (Å²) in [5.74, 6) is 0. The molecule has 1 atom stereocenters. The quantitative estimate of drug-likeness (QED) is 0.210. The van der Waals surface area contributed by atoms with Crippen LogP contribution in [0.4, 0.5) is 0 Å². The minimum absolute atomic E-state index is 0.346. The lowest BCUT2D eigenvalue weighted by Crippen LogP contribution is -2.11. The van der Waals surface area contributed by atoms with Crippen molar-refractivity contribution in [2.45, 2.75) is 90.1 Å². The van der Waals surface area contributed by atoms with Crippen LogP contribution in [-0.4, -0.2) is 52.4 Å². The first-order valence-corrected chi connectivity index (χ1v) is 10.8. The maximum Gasteiger partial charge on any atom is 0.104 e. The summed E-state index contributed by atoms with van der Waals surface area (Å²) in [4.78, 5) is 0. The molecular formula is C21H42O4. The zero-order valence-corrected chi connectivity index (χ0v) is 16.6. The third-order valence-corrected chi connectivity index (χ3v) is 4.59. The highest BCUT2D eigenvalue weighted by Crippen LogP contribution is 2.12. The Bertz CT molecular complexity index is 256. The zero-order valence-electron chi connectivity index (χ0n) is 16.6. The first-order chi connectivity index (χ1) is 12.4. The topological polar surface area (TPSA) is 40.2 Å². The molecule has 0 N–H and O–H groups in total. The Kier molecular flexibility index (Phi) is 17.0. The predicted molar refractivity (Wildman–Crippen MR) is 103 cm³/mol. The maximum atomic E-state index is 5.59. The molecule has 1 unspecified atom stereocenters. The summed E-state index contributed by atoms with van der Waals surface area (Å²) in [6, 6.07) is 0. The third-order valence-electron chi connectivity index (χ3n) is 4.59. The molecule has 0 bridgehead atoms. The predicted octanol–water partition coefficient (Wildman–Crippen LogP) is 5.14. The number of ether oxygens (including phenoxy) is 4. The van der Waals surface area contributed by atoms with E-state index in [9.17, 15) is 0 Å². The molecule has 0 aromatic rings. The van der Waals surface area contributed by atoms with Crippen molar-refractivity contribution in [1.82, 2.24) is 0 Å². The van der Waals surface area contributed by atoms with Crippen LogP contribution in [0.25, 0.3) is 0 Å². The second-order valence-electron chi connectivity index (χ2n) is 7.14. The van der Waals surface area contributed by atoms with Crippen LogP contribution in [0.3, 0.4) is 0 Å². The highest BCUT2D eigenvalue weighted by molar-refractivity contribution is 4.66. The van der Waals surface area contributed by atoms with Crippen LogP contribution in [0.5, 0.6) is 0 Å². The first kappa shape index (κ1) is 22.9. The number of unbranched alkanes of at least 4 members (excludes halogenated alkanes) is 11. The average Bonchev–Trinajstić information content (AvgIpc) is 3.44. The van der Waals surface area contributed by atoms with E-state index in [0.29, 0.717) is 39.1 Å². The molecule has 4 heteroatoms. The highest BCUT2D eigenvalue weighted by atomic mass is 16.6. The van der Waals surface area contributed by atoms with Crippen molar-refractivity contribution in [3.8, 4) is 0 Å². The van der Waals surface area contributed by atoms with Gasteiger partial charge in [-0.3, -0.25) is 0 Å². The van der Waals surface area contributed by atoms with Gasteiger partial charge in [-0.25, -0.2) is 0 Å². The minimum Gasteiger partial charge on any atom is -0.379 e. The summed E-state index contributed by atoms with van der Waals surface area (Å²) in [6.07, 6.45) is 16.9. The molecule has 1 rings (SSSR count). The lowest BCUT2D eigenvalue weighted by Gasteiger charge is -2.06. The van der Waals surface area contributed by atoms with E-state index >= 15 is 0 Å². The molecule has 0 aromatic heterocycles. The fourth-order valence-electron chi connectivity index (χ4n) is 2.86. The van der Waals surface area contributed by atoms with Crippen LogP contribution < -0.4 is 0 Å². The lowest BCUT2D eigenvalue weighted by molar-refractivity contribution is 0.0112. The van der Waals surface area contributed by atoms with E-state index in [2.05, 4.69) is 6.92 Å². The van der Waals surface area contributed by atoms with Gasteiger partial charge in [-0.15, -0.1) is 0 Å². The normalized spacial score (nSPS) is 16.4. The van der Waals surface area contributed by atoms with Crippen LogP contribution in [0.2, 0.25) is 0 Å². The SMILES string of the molecule is CCCCCCCCCCCCCCOCCOCCOCC1CO1. The molecule has 1 fully saturated rings. The molecule has 4 nitrogen and oxygen atoms in total. The van der Waals surface area contributed by atoms with Crippen molar-refractivity contribution in [3.05, 3.63) is 0 Å². The Hall–Kier alpha value is -0.160. The molecule has 0 amide bonds. The van der Waals surface area contributed by atoms with E-state index in [1.165, 1.54) is 77.0 Å². The van der Waals surface area contributed by atoms with Gasteiger partial charge in [0, 0.05) is 6.61 Å². The van der Waals surface area contributed by atoms with E-state index in [1.807, 2.05) is 0 Å². The maximum absolute atomic E-state index is 5.59. The number of rotatable bonds is 21. The zero-order chi connectivity index (χ0) is 17.8. The van der Waals surface area contributed by atoms with Crippen molar-refractivity contribution in [1.29, 1.82) is 0 Å². The van der Waals surface area contributed by atoms with Gasteiger partial charge in [0.15, 0.2) is 0 Å². The van der Waals surface area contributed by atoms with Gasteiger partial charge in [-0.2, -0.15) is 0 Å². The second-order valence-corrected chi connectivity index (χ2v) is 7.14. The fraction of sp³-hybridized carbons (Fsp3) is 1.00. The monoisotopic (exact) mass is 358 g/mol. The van der Waals surface area contributed by atoms with Crippen molar-refractivity contribution in [2.75, 3.05) is 46.2 Å².